The van der Waals surface area contributed by atoms with Crippen LogP contribution in [0.1, 0.15) is 52.1 Å². The molecule has 0 spiro atoms. The summed E-state index contributed by atoms with van der Waals surface area (Å²) in [5.41, 5.74) is 2.50. The van der Waals surface area contributed by atoms with Gasteiger partial charge in [-0.2, -0.15) is 0 Å². The van der Waals surface area contributed by atoms with E-state index in [2.05, 4.69) is 50.0 Å². The maximum Gasteiger partial charge on any atom is 0.122 e. The SMILES string of the molecule is CCCNC(C)c1ccc(N2CCC(C)(C)C2)cc1O. The number of nitrogens with zero attached hydrogens (tertiary/aromatic N) is 1. The van der Waals surface area contributed by atoms with Gasteiger partial charge in [0.05, 0.1) is 0 Å². The number of aromatic hydroxyl groups is 1. The second kappa shape index (κ2) is 6.04. The van der Waals surface area contributed by atoms with Gasteiger partial charge in [0, 0.05) is 36.4 Å². The lowest BCUT2D eigenvalue weighted by Crippen LogP contribution is -2.23. The van der Waals surface area contributed by atoms with Crippen molar-refractivity contribution in [2.45, 2.75) is 46.6 Å². The molecular weight excluding hydrogens is 248 g/mol. The molecule has 1 saturated heterocycles. The van der Waals surface area contributed by atoms with Crippen molar-refractivity contribution >= 4 is 5.69 Å². The Morgan fingerprint density at radius 2 is 2.15 bits per heavy atom. The van der Waals surface area contributed by atoms with Crippen LogP contribution in [0, 0.1) is 5.41 Å². The number of phenolic OH excluding ortho intramolecular Hbond substituents is 1. The molecule has 1 aliphatic heterocycles. The third kappa shape index (κ3) is 3.45. The summed E-state index contributed by atoms with van der Waals surface area (Å²) in [5.74, 6) is 0.406. The predicted octanol–water partition coefficient (Wildman–Crippen LogP) is 3.69. The molecule has 1 aromatic carbocycles. The Hall–Kier alpha value is -1.22. The molecule has 0 aliphatic carbocycles. The van der Waals surface area contributed by atoms with Crippen molar-refractivity contribution < 1.29 is 5.11 Å². The molecule has 112 valence electrons. The van der Waals surface area contributed by atoms with Crippen molar-refractivity contribution in [1.29, 1.82) is 0 Å². The lowest BCUT2D eigenvalue weighted by atomic mass is 9.93. The Morgan fingerprint density at radius 1 is 1.40 bits per heavy atom. The van der Waals surface area contributed by atoms with Crippen LogP contribution in [-0.4, -0.2) is 24.7 Å². The van der Waals surface area contributed by atoms with Crippen LogP contribution in [-0.2, 0) is 0 Å². The van der Waals surface area contributed by atoms with E-state index in [0.29, 0.717) is 11.2 Å². The van der Waals surface area contributed by atoms with E-state index in [0.717, 1.165) is 37.3 Å². The first-order valence-electron chi connectivity index (χ1n) is 7.74. The van der Waals surface area contributed by atoms with E-state index in [4.69, 9.17) is 0 Å². The molecule has 0 radical (unpaired) electrons. The van der Waals surface area contributed by atoms with E-state index in [1.54, 1.807) is 0 Å². The van der Waals surface area contributed by atoms with E-state index < -0.39 is 0 Å². The molecule has 0 aromatic heterocycles. The zero-order valence-corrected chi connectivity index (χ0v) is 13.2. The molecule has 1 aromatic rings. The van der Waals surface area contributed by atoms with Crippen molar-refractivity contribution in [3.63, 3.8) is 0 Å². The van der Waals surface area contributed by atoms with E-state index in [1.165, 1.54) is 6.42 Å². The molecule has 20 heavy (non-hydrogen) atoms. The molecule has 0 saturated carbocycles. The van der Waals surface area contributed by atoms with E-state index in [1.807, 2.05) is 6.07 Å². The summed E-state index contributed by atoms with van der Waals surface area (Å²) >= 11 is 0. The summed E-state index contributed by atoms with van der Waals surface area (Å²) in [6, 6.07) is 6.31. The predicted molar refractivity (Wildman–Crippen MR) is 85.4 cm³/mol. The summed E-state index contributed by atoms with van der Waals surface area (Å²) in [6.45, 7) is 12.0. The van der Waals surface area contributed by atoms with Gasteiger partial charge in [0.2, 0.25) is 0 Å². The first-order chi connectivity index (χ1) is 9.43. The Kier molecular flexibility index (Phi) is 4.59. The second-order valence-corrected chi connectivity index (χ2v) is 6.75. The average molecular weight is 276 g/mol. The van der Waals surface area contributed by atoms with Crippen LogP contribution in [0.25, 0.3) is 0 Å². The largest absolute Gasteiger partial charge is 0.508 e. The Labute approximate surface area is 123 Å². The van der Waals surface area contributed by atoms with Crippen molar-refractivity contribution in [3.8, 4) is 5.75 Å². The van der Waals surface area contributed by atoms with Gasteiger partial charge in [0.15, 0.2) is 0 Å². The number of nitrogens with one attached hydrogen (secondary N) is 1. The zero-order valence-electron chi connectivity index (χ0n) is 13.2. The number of benzene rings is 1. The average Bonchev–Trinajstić information content (AvgIpc) is 2.76. The quantitative estimate of drug-likeness (QED) is 0.861. The topological polar surface area (TPSA) is 35.5 Å². The lowest BCUT2D eigenvalue weighted by Gasteiger charge is -2.23. The van der Waals surface area contributed by atoms with Gasteiger partial charge >= 0.3 is 0 Å². The lowest BCUT2D eigenvalue weighted by molar-refractivity contribution is 0.418. The van der Waals surface area contributed by atoms with E-state index >= 15 is 0 Å². The van der Waals surface area contributed by atoms with Gasteiger partial charge in [-0.05, 0) is 37.8 Å². The fourth-order valence-electron chi connectivity index (χ4n) is 2.90. The third-order valence-electron chi connectivity index (χ3n) is 4.22. The van der Waals surface area contributed by atoms with Crippen LogP contribution in [0.15, 0.2) is 18.2 Å². The van der Waals surface area contributed by atoms with Crippen molar-refractivity contribution in [2.75, 3.05) is 24.5 Å². The van der Waals surface area contributed by atoms with Crippen molar-refractivity contribution in [1.82, 2.24) is 5.32 Å². The van der Waals surface area contributed by atoms with Crippen LogP contribution in [0.2, 0.25) is 0 Å². The number of anilines is 1. The van der Waals surface area contributed by atoms with Crippen LogP contribution in [0.4, 0.5) is 5.69 Å². The fraction of sp³-hybridized carbons (Fsp3) is 0.647. The van der Waals surface area contributed by atoms with Crippen molar-refractivity contribution in [2.24, 2.45) is 5.41 Å². The van der Waals surface area contributed by atoms with Gasteiger partial charge < -0.3 is 15.3 Å². The van der Waals surface area contributed by atoms with E-state index in [-0.39, 0.29) is 6.04 Å². The number of hydrogen-bond acceptors (Lipinski definition) is 3. The molecule has 0 amide bonds. The highest BCUT2D eigenvalue weighted by Crippen LogP contribution is 2.35. The third-order valence-corrected chi connectivity index (χ3v) is 4.22. The Bertz CT molecular complexity index is 456. The van der Waals surface area contributed by atoms with Crippen LogP contribution >= 0.6 is 0 Å². The minimum absolute atomic E-state index is 0.194. The number of phenols is 1. The molecule has 0 bridgehead atoms. The van der Waals surface area contributed by atoms with Crippen molar-refractivity contribution in [3.05, 3.63) is 23.8 Å². The van der Waals surface area contributed by atoms with Crippen LogP contribution in [0.3, 0.4) is 0 Å². The van der Waals surface area contributed by atoms with Crippen LogP contribution in [0.5, 0.6) is 5.75 Å². The van der Waals surface area contributed by atoms with Gasteiger partial charge in [-0.25, -0.2) is 0 Å². The second-order valence-electron chi connectivity index (χ2n) is 6.75. The first-order valence-corrected chi connectivity index (χ1v) is 7.74. The summed E-state index contributed by atoms with van der Waals surface area (Å²) in [5, 5.41) is 13.7. The maximum absolute atomic E-state index is 10.3. The highest BCUT2D eigenvalue weighted by molar-refractivity contribution is 5.54. The van der Waals surface area contributed by atoms with Gasteiger partial charge in [-0.15, -0.1) is 0 Å². The highest BCUT2D eigenvalue weighted by Gasteiger charge is 2.29. The fourth-order valence-corrected chi connectivity index (χ4v) is 2.90. The minimum atomic E-state index is 0.194. The molecule has 1 unspecified atom stereocenters. The first kappa shape index (κ1) is 15.2. The minimum Gasteiger partial charge on any atom is -0.508 e. The molecule has 3 heteroatoms. The summed E-state index contributed by atoms with van der Waals surface area (Å²) in [6.07, 6.45) is 2.32. The normalized spacial score (nSPS) is 19.3. The standard InChI is InChI=1S/C17H28N2O/c1-5-9-18-13(2)15-7-6-14(11-16(15)20)19-10-8-17(3,4)12-19/h6-7,11,13,18,20H,5,8-10,12H2,1-4H3. The molecule has 2 rings (SSSR count). The maximum atomic E-state index is 10.3. The van der Waals surface area contributed by atoms with Crippen LogP contribution < -0.4 is 10.2 Å². The van der Waals surface area contributed by atoms with Gasteiger partial charge in [0.1, 0.15) is 5.75 Å². The van der Waals surface area contributed by atoms with Gasteiger partial charge in [0.25, 0.3) is 0 Å². The Balaban J connectivity index is 2.10. The Morgan fingerprint density at radius 3 is 2.70 bits per heavy atom. The number of hydrogen-bond donors (Lipinski definition) is 2. The zero-order chi connectivity index (χ0) is 14.8. The molecular formula is C17H28N2O. The molecule has 1 aliphatic rings. The van der Waals surface area contributed by atoms with Gasteiger partial charge in [-0.3, -0.25) is 0 Å². The molecule has 1 fully saturated rings. The molecule has 1 atom stereocenters. The molecule has 3 nitrogen and oxygen atoms in total. The molecule has 1 heterocycles. The monoisotopic (exact) mass is 276 g/mol. The van der Waals surface area contributed by atoms with Gasteiger partial charge in [-0.1, -0.05) is 26.8 Å². The number of rotatable bonds is 5. The summed E-state index contributed by atoms with van der Waals surface area (Å²) < 4.78 is 0. The summed E-state index contributed by atoms with van der Waals surface area (Å²) in [4.78, 5) is 2.37. The highest BCUT2D eigenvalue weighted by atomic mass is 16.3. The summed E-state index contributed by atoms with van der Waals surface area (Å²) in [7, 11) is 0. The van der Waals surface area contributed by atoms with E-state index in [9.17, 15) is 5.11 Å². The smallest absolute Gasteiger partial charge is 0.122 e. The molecule has 2 N–H and O–H groups in total.